The summed E-state index contributed by atoms with van der Waals surface area (Å²) in [6.45, 7) is 5.64. The molecule has 3 rings (SSSR count). The smallest absolute Gasteiger partial charge is 0.0710 e. The number of hydrogen-bond acceptors (Lipinski definition) is 1. The molecular formula is C29H54O. The minimum Gasteiger partial charge on any atom is -0.375 e. The lowest BCUT2D eigenvalue weighted by Crippen LogP contribution is -2.44. The minimum atomic E-state index is 0.272. The maximum atomic E-state index is 6.69. The Bertz CT molecular complexity index is 422. The summed E-state index contributed by atoms with van der Waals surface area (Å²) in [5, 5.41) is 0. The van der Waals surface area contributed by atoms with Crippen molar-refractivity contribution in [1.29, 1.82) is 0 Å². The van der Waals surface area contributed by atoms with E-state index in [1.165, 1.54) is 109 Å². The van der Waals surface area contributed by atoms with Gasteiger partial charge in [0.05, 0.1) is 5.60 Å². The Morgan fingerprint density at radius 1 is 0.600 bits per heavy atom. The molecule has 176 valence electrons. The number of hydrogen-bond donors (Lipinski definition) is 0. The fourth-order valence-corrected chi connectivity index (χ4v) is 7.18. The van der Waals surface area contributed by atoms with Crippen LogP contribution in [0.25, 0.3) is 0 Å². The monoisotopic (exact) mass is 418 g/mol. The van der Waals surface area contributed by atoms with E-state index in [4.69, 9.17) is 4.74 Å². The highest BCUT2D eigenvalue weighted by molar-refractivity contribution is 4.93. The van der Waals surface area contributed by atoms with Crippen LogP contribution >= 0.6 is 0 Å². The predicted molar refractivity (Wildman–Crippen MR) is 131 cm³/mol. The molecule has 0 spiro atoms. The Morgan fingerprint density at radius 3 is 1.70 bits per heavy atom. The van der Waals surface area contributed by atoms with Crippen molar-refractivity contribution < 1.29 is 4.74 Å². The highest BCUT2D eigenvalue weighted by atomic mass is 16.5. The summed E-state index contributed by atoms with van der Waals surface area (Å²) in [5.74, 6) is 4.03. The van der Waals surface area contributed by atoms with Crippen LogP contribution in [0.2, 0.25) is 0 Å². The summed E-state index contributed by atoms with van der Waals surface area (Å²) in [4.78, 5) is 0. The molecule has 30 heavy (non-hydrogen) atoms. The first kappa shape index (κ1) is 24.6. The Morgan fingerprint density at radius 2 is 1.13 bits per heavy atom. The van der Waals surface area contributed by atoms with Crippen LogP contribution in [-0.4, -0.2) is 12.2 Å². The molecule has 0 atom stereocenters. The Kier molecular flexibility index (Phi) is 11.1. The standard InChI is InChI=1S/C29H54O/c1-3-5-8-11-25-12-14-26(15-13-25)16-17-27-18-20-28(21-19-27)29(30-24-6-4-2)22-9-7-10-23-29/h25-28H,3-24H2,1-2H3/t25-,26-,27-,28-. The lowest BCUT2D eigenvalue weighted by molar-refractivity contribution is -0.122. The van der Waals surface area contributed by atoms with Gasteiger partial charge in [0, 0.05) is 6.61 Å². The zero-order valence-corrected chi connectivity index (χ0v) is 20.8. The van der Waals surface area contributed by atoms with Crippen LogP contribution in [0.3, 0.4) is 0 Å². The fraction of sp³-hybridized carbons (Fsp3) is 1.00. The quantitative estimate of drug-likeness (QED) is 0.287. The van der Waals surface area contributed by atoms with Crippen molar-refractivity contribution in [3.8, 4) is 0 Å². The molecule has 0 aromatic carbocycles. The van der Waals surface area contributed by atoms with E-state index in [1.54, 1.807) is 25.7 Å². The Hall–Kier alpha value is -0.0400. The molecule has 0 saturated heterocycles. The zero-order chi connectivity index (χ0) is 21.1. The van der Waals surface area contributed by atoms with Crippen molar-refractivity contribution in [3.63, 3.8) is 0 Å². The van der Waals surface area contributed by atoms with Gasteiger partial charge in [0.25, 0.3) is 0 Å². The molecule has 0 heterocycles. The third-order valence-corrected chi connectivity index (χ3v) is 9.34. The van der Waals surface area contributed by atoms with E-state index in [0.29, 0.717) is 0 Å². The van der Waals surface area contributed by atoms with Gasteiger partial charge in [0.15, 0.2) is 0 Å². The highest BCUT2D eigenvalue weighted by Gasteiger charge is 2.42. The Labute approximate surface area is 189 Å². The summed E-state index contributed by atoms with van der Waals surface area (Å²) in [6.07, 6.45) is 30.5. The Balaban J connectivity index is 1.34. The van der Waals surface area contributed by atoms with Crippen molar-refractivity contribution in [2.75, 3.05) is 6.61 Å². The maximum Gasteiger partial charge on any atom is 0.0710 e. The molecule has 0 aliphatic heterocycles. The highest BCUT2D eigenvalue weighted by Crippen LogP contribution is 2.46. The summed E-state index contributed by atoms with van der Waals surface area (Å²) in [6, 6.07) is 0. The van der Waals surface area contributed by atoms with Gasteiger partial charge in [-0.3, -0.25) is 0 Å². The molecule has 0 N–H and O–H groups in total. The lowest BCUT2D eigenvalue weighted by atomic mass is 9.67. The molecule has 0 aromatic heterocycles. The van der Waals surface area contributed by atoms with Crippen molar-refractivity contribution in [1.82, 2.24) is 0 Å². The van der Waals surface area contributed by atoms with Crippen molar-refractivity contribution >= 4 is 0 Å². The second kappa shape index (κ2) is 13.5. The number of unbranched alkanes of at least 4 members (excludes halogenated alkanes) is 3. The number of rotatable bonds is 12. The molecule has 0 bridgehead atoms. The van der Waals surface area contributed by atoms with E-state index in [9.17, 15) is 0 Å². The maximum absolute atomic E-state index is 6.69. The SMILES string of the molecule is CCCCC[C@H]1CC[C@H](CC[C@H]2CC[C@H](C3(OCCCC)CCCCC3)CC2)CC1. The van der Waals surface area contributed by atoms with Gasteiger partial charge < -0.3 is 4.74 Å². The number of ether oxygens (including phenoxy) is 1. The van der Waals surface area contributed by atoms with Crippen molar-refractivity contribution in [3.05, 3.63) is 0 Å². The van der Waals surface area contributed by atoms with Crippen LogP contribution in [0.15, 0.2) is 0 Å². The predicted octanol–water partition coefficient (Wildman–Crippen LogP) is 9.48. The van der Waals surface area contributed by atoms with Gasteiger partial charge in [-0.15, -0.1) is 0 Å². The third-order valence-electron chi connectivity index (χ3n) is 9.34. The van der Waals surface area contributed by atoms with Gasteiger partial charge in [0.2, 0.25) is 0 Å². The van der Waals surface area contributed by atoms with Crippen LogP contribution in [-0.2, 0) is 4.74 Å². The van der Waals surface area contributed by atoms with Crippen molar-refractivity contribution in [2.24, 2.45) is 23.7 Å². The molecular weight excluding hydrogens is 364 g/mol. The molecule has 0 radical (unpaired) electrons. The van der Waals surface area contributed by atoms with Gasteiger partial charge in [-0.05, 0) is 55.8 Å². The first-order valence-electron chi connectivity index (χ1n) is 14.4. The second-order valence-corrected chi connectivity index (χ2v) is 11.5. The van der Waals surface area contributed by atoms with E-state index < -0.39 is 0 Å². The van der Waals surface area contributed by atoms with Crippen LogP contribution in [0.4, 0.5) is 0 Å². The van der Waals surface area contributed by atoms with E-state index in [-0.39, 0.29) is 5.60 Å². The summed E-state index contributed by atoms with van der Waals surface area (Å²) in [5.41, 5.74) is 0.272. The normalized spacial score (nSPS) is 32.2. The molecule has 0 unspecified atom stereocenters. The van der Waals surface area contributed by atoms with E-state index in [0.717, 1.165) is 30.3 Å². The second-order valence-electron chi connectivity index (χ2n) is 11.5. The van der Waals surface area contributed by atoms with Crippen molar-refractivity contribution in [2.45, 2.75) is 154 Å². The molecule has 3 fully saturated rings. The van der Waals surface area contributed by atoms with Gasteiger partial charge in [-0.2, -0.15) is 0 Å². The molecule has 0 aromatic rings. The minimum absolute atomic E-state index is 0.272. The van der Waals surface area contributed by atoms with Crippen LogP contribution in [0, 0.1) is 23.7 Å². The van der Waals surface area contributed by atoms with Gasteiger partial charge in [-0.25, -0.2) is 0 Å². The van der Waals surface area contributed by atoms with Gasteiger partial charge in [0.1, 0.15) is 0 Å². The molecule has 3 saturated carbocycles. The fourth-order valence-electron chi connectivity index (χ4n) is 7.18. The summed E-state index contributed by atoms with van der Waals surface area (Å²) < 4.78 is 6.69. The van der Waals surface area contributed by atoms with Crippen LogP contribution in [0.1, 0.15) is 149 Å². The zero-order valence-electron chi connectivity index (χ0n) is 20.8. The topological polar surface area (TPSA) is 9.23 Å². The molecule has 3 aliphatic carbocycles. The van der Waals surface area contributed by atoms with Crippen LogP contribution in [0.5, 0.6) is 0 Å². The lowest BCUT2D eigenvalue weighted by Gasteiger charge is -2.46. The molecule has 1 heteroatoms. The summed E-state index contributed by atoms with van der Waals surface area (Å²) >= 11 is 0. The van der Waals surface area contributed by atoms with E-state index in [2.05, 4.69) is 13.8 Å². The summed E-state index contributed by atoms with van der Waals surface area (Å²) in [7, 11) is 0. The average molecular weight is 419 g/mol. The average Bonchev–Trinajstić information content (AvgIpc) is 2.80. The van der Waals surface area contributed by atoms with E-state index in [1.807, 2.05) is 0 Å². The molecule has 0 amide bonds. The van der Waals surface area contributed by atoms with Crippen LogP contribution < -0.4 is 0 Å². The first-order valence-corrected chi connectivity index (χ1v) is 14.4. The molecule has 3 aliphatic rings. The first-order chi connectivity index (χ1) is 14.8. The largest absolute Gasteiger partial charge is 0.375 e. The van der Waals surface area contributed by atoms with Gasteiger partial charge >= 0.3 is 0 Å². The third kappa shape index (κ3) is 7.53. The molecule has 1 nitrogen and oxygen atoms in total. The van der Waals surface area contributed by atoms with E-state index >= 15 is 0 Å². The van der Waals surface area contributed by atoms with Gasteiger partial charge in [-0.1, -0.05) is 117 Å².